The van der Waals surface area contributed by atoms with Gasteiger partial charge in [-0.25, -0.2) is 0 Å². The van der Waals surface area contributed by atoms with Crippen molar-refractivity contribution in [2.45, 2.75) is 12.3 Å². The molecule has 0 N–H and O–H groups in total. The number of rotatable bonds is 3. The Morgan fingerprint density at radius 1 is 0.462 bits per heavy atom. The van der Waals surface area contributed by atoms with Crippen LogP contribution in [0.1, 0.15) is 27.8 Å². The second-order valence-electron chi connectivity index (χ2n) is 10.6. The molecule has 8 rings (SSSR count). The van der Waals surface area contributed by atoms with Crippen molar-refractivity contribution in [1.29, 1.82) is 0 Å². The molecule has 184 valence electrons. The van der Waals surface area contributed by atoms with E-state index >= 15 is 0 Å². The van der Waals surface area contributed by atoms with Crippen LogP contribution in [0, 0.1) is 6.92 Å². The zero-order valence-electron chi connectivity index (χ0n) is 21.8. The van der Waals surface area contributed by atoms with Crippen molar-refractivity contribution in [2.24, 2.45) is 0 Å². The van der Waals surface area contributed by atoms with Crippen molar-refractivity contribution in [3.05, 3.63) is 173 Å². The van der Waals surface area contributed by atoms with Gasteiger partial charge in [0.05, 0.1) is 16.4 Å². The molecule has 1 aliphatic rings. The van der Waals surface area contributed by atoms with Gasteiger partial charge in [-0.05, 0) is 70.1 Å². The van der Waals surface area contributed by atoms with Crippen LogP contribution in [-0.2, 0) is 5.41 Å². The average molecular weight is 498 g/mol. The summed E-state index contributed by atoms with van der Waals surface area (Å²) in [5.74, 6) is 0. The van der Waals surface area contributed by atoms with Crippen molar-refractivity contribution in [1.82, 2.24) is 4.57 Å². The van der Waals surface area contributed by atoms with Gasteiger partial charge < -0.3 is 4.57 Å². The molecule has 0 saturated carbocycles. The highest BCUT2D eigenvalue weighted by atomic mass is 15.0. The van der Waals surface area contributed by atoms with E-state index in [1.807, 2.05) is 0 Å². The maximum absolute atomic E-state index is 2.44. The molecular formula is C38H27N. The zero-order valence-corrected chi connectivity index (χ0v) is 21.8. The summed E-state index contributed by atoms with van der Waals surface area (Å²) in [6, 6.07) is 53.6. The van der Waals surface area contributed by atoms with Gasteiger partial charge in [0, 0.05) is 16.5 Å². The summed E-state index contributed by atoms with van der Waals surface area (Å²) >= 11 is 0. The predicted octanol–water partition coefficient (Wildman–Crippen LogP) is 9.46. The molecule has 0 atom stereocenters. The number of fused-ring (bicyclic) bond motifs is 6. The minimum Gasteiger partial charge on any atom is -0.309 e. The van der Waals surface area contributed by atoms with Crippen LogP contribution in [0.3, 0.4) is 0 Å². The first kappa shape index (κ1) is 22.1. The smallest absolute Gasteiger partial charge is 0.0713 e. The molecule has 0 fully saturated rings. The Balaban J connectivity index is 1.47. The largest absolute Gasteiger partial charge is 0.309 e. The maximum atomic E-state index is 2.44. The summed E-state index contributed by atoms with van der Waals surface area (Å²) in [6.45, 7) is 2.18. The number of benzene rings is 6. The molecule has 39 heavy (non-hydrogen) atoms. The zero-order chi connectivity index (χ0) is 26.0. The summed E-state index contributed by atoms with van der Waals surface area (Å²) in [5.41, 5.74) is 12.4. The normalized spacial score (nSPS) is 13.5. The quantitative estimate of drug-likeness (QED) is 0.229. The van der Waals surface area contributed by atoms with Crippen LogP contribution >= 0.6 is 0 Å². The second kappa shape index (κ2) is 8.31. The van der Waals surface area contributed by atoms with Crippen LogP contribution in [0.4, 0.5) is 0 Å². The third-order valence-electron chi connectivity index (χ3n) is 8.53. The number of hydrogen-bond acceptors (Lipinski definition) is 0. The summed E-state index contributed by atoms with van der Waals surface area (Å²) < 4.78 is 2.44. The first-order valence-corrected chi connectivity index (χ1v) is 13.6. The van der Waals surface area contributed by atoms with E-state index in [1.165, 1.54) is 66.4 Å². The van der Waals surface area contributed by atoms with Gasteiger partial charge in [-0.15, -0.1) is 0 Å². The molecule has 1 heterocycles. The van der Waals surface area contributed by atoms with E-state index in [9.17, 15) is 0 Å². The van der Waals surface area contributed by atoms with Gasteiger partial charge in [0.1, 0.15) is 0 Å². The van der Waals surface area contributed by atoms with Crippen LogP contribution in [0.2, 0.25) is 0 Å². The molecule has 7 aromatic rings. The van der Waals surface area contributed by atoms with Crippen molar-refractivity contribution in [3.8, 4) is 16.8 Å². The van der Waals surface area contributed by atoms with Gasteiger partial charge in [-0.2, -0.15) is 0 Å². The van der Waals surface area contributed by atoms with E-state index in [-0.39, 0.29) is 5.41 Å². The molecule has 0 spiro atoms. The molecule has 6 aromatic carbocycles. The van der Waals surface area contributed by atoms with Crippen molar-refractivity contribution in [3.63, 3.8) is 0 Å². The molecule has 1 aromatic heterocycles. The fraction of sp³-hybridized carbons (Fsp3) is 0.0526. The minimum atomic E-state index is -0.371. The fourth-order valence-corrected chi connectivity index (χ4v) is 6.93. The monoisotopic (exact) mass is 497 g/mol. The Hall–Kier alpha value is -4.88. The van der Waals surface area contributed by atoms with Crippen molar-refractivity contribution in [2.75, 3.05) is 0 Å². The highest BCUT2D eigenvalue weighted by Gasteiger charge is 2.45. The molecule has 0 amide bonds. The van der Waals surface area contributed by atoms with Crippen LogP contribution in [-0.4, -0.2) is 4.57 Å². The van der Waals surface area contributed by atoms with Gasteiger partial charge in [0.2, 0.25) is 0 Å². The first-order valence-electron chi connectivity index (χ1n) is 13.6. The van der Waals surface area contributed by atoms with Crippen LogP contribution in [0.15, 0.2) is 146 Å². The van der Waals surface area contributed by atoms with Crippen LogP contribution in [0.5, 0.6) is 0 Å². The number of nitrogens with zero attached hydrogens (tertiary/aromatic N) is 1. The van der Waals surface area contributed by atoms with E-state index in [1.54, 1.807) is 0 Å². The van der Waals surface area contributed by atoms with Gasteiger partial charge in [-0.3, -0.25) is 0 Å². The molecule has 0 unspecified atom stereocenters. The summed E-state index contributed by atoms with van der Waals surface area (Å²) in [4.78, 5) is 0. The Labute approximate surface area is 228 Å². The van der Waals surface area contributed by atoms with E-state index in [0.29, 0.717) is 0 Å². The van der Waals surface area contributed by atoms with Crippen LogP contribution in [0.25, 0.3) is 38.6 Å². The third-order valence-corrected chi connectivity index (χ3v) is 8.53. The van der Waals surface area contributed by atoms with Gasteiger partial charge >= 0.3 is 0 Å². The molecule has 1 aliphatic carbocycles. The van der Waals surface area contributed by atoms with Crippen molar-refractivity contribution < 1.29 is 0 Å². The standard InChI is InChI=1S/C38H27N/c1-26-20-22-32-31-17-9-11-19-36(31)39(37(32)24-26)29-21-23-35-33(25-29)30-16-8-10-18-34(30)38(35,27-12-4-2-5-13-27)28-14-6-3-7-15-28/h2-25H,1H3. The second-order valence-corrected chi connectivity index (χ2v) is 10.6. The molecule has 0 saturated heterocycles. The summed E-state index contributed by atoms with van der Waals surface area (Å²) in [6.07, 6.45) is 0. The molecule has 0 radical (unpaired) electrons. The lowest BCUT2D eigenvalue weighted by Crippen LogP contribution is -2.28. The fourth-order valence-electron chi connectivity index (χ4n) is 6.93. The van der Waals surface area contributed by atoms with E-state index in [2.05, 4.69) is 157 Å². The highest BCUT2D eigenvalue weighted by Crippen LogP contribution is 2.56. The van der Waals surface area contributed by atoms with E-state index < -0.39 is 0 Å². The van der Waals surface area contributed by atoms with Gasteiger partial charge in [0.15, 0.2) is 0 Å². The number of aromatic nitrogens is 1. The average Bonchev–Trinajstić information content (AvgIpc) is 3.48. The third kappa shape index (κ3) is 3.02. The maximum Gasteiger partial charge on any atom is 0.0713 e. The Bertz CT molecular complexity index is 1970. The molecule has 0 aliphatic heterocycles. The van der Waals surface area contributed by atoms with Gasteiger partial charge in [0.25, 0.3) is 0 Å². The van der Waals surface area contributed by atoms with E-state index in [0.717, 1.165) is 0 Å². The molecule has 1 heteroatoms. The van der Waals surface area contributed by atoms with Crippen molar-refractivity contribution >= 4 is 21.8 Å². The van der Waals surface area contributed by atoms with Gasteiger partial charge in [-0.1, -0.05) is 121 Å². The molecule has 1 nitrogen and oxygen atoms in total. The van der Waals surface area contributed by atoms with Crippen LogP contribution < -0.4 is 0 Å². The number of hydrogen-bond donors (Lipinski definition) is 0. The Morgan fingerprint density at radius 3 is 1.85 bits per heavy atom. The highest BCUT2D eigenvalue weighted by molar-refractivity contribution is 6.09. The minimum absolute atomic E-state index is 0.371. The lowest BCUT2D eigenvalue weighted by atomic mass is 9.68. The number of para-hydroxylation sites is 1. The lowest BCUT2D eigenvalue weighted by molar-refractivity contribution is 0.768. The summed E-state index contributed by atoms with van der Waals surface area (Å²) in [7, 11) is 0. The lowest BCUT2D eigenvalue weighted by Gasteiger charge is -2.33. The Kier molecular flexibility index (Phi) is 4.72. The Morgan fingerprint density at radius 2 is 1.08 bits per heavy atom. The SMILES string of the molecule is Cc1ccc2c3ccccc3n(-c3ccc4c(c3)-c3ccccc3C4(c3ccccc3)c3ccccc3)c2c1. The topological polar surface area (TPSA) is 4.93 Å². The first-order chi connectivity index (χ1) is 19.3. The number of aryl methyl sites for hydroxylation is 1. The summed E-state index contributed by atoms with van der Waals surface area (Å²) in [5, 5.41) is 2.58. The molecular weight excluding hydrogens is 470 g/mol. The van der Waals surface area contributed by atoms with E-state index in [4.69, 9.17) is 0 Å². The predicted molar refractivity (Wildman–Crippen MR) is 163 cm³/mol. The molecule has 0 bridgehead atoms.